The van der Waals surface area contributed by atoms with Crippen LogP contribution in [-0.4, -0.2) is 35.7 Å². The van der Waals surface area contributed by atoms with Crippen LogP contribution in [0, 0.1) is 0 Å². The molecule has 6 heteroatoms. The molecular weight excluding hydrogens is 300 g/mol. The number of carbonyl (C=O) groups excluding carboxylic acids is 2. The van der Waals surface area contributed by atoms with Crippen LogP contribution in [0.4, 0.5) is 4.79 Å². The van der Waals surface area contributed by atoms with Crippen LogP contribution < -0.4 is 10.1 Å². The SMILES string of the molecule is COc1ccc(C(=O)NC(=O)N(SC)C2CCCCC2)cc1. The van der Waals surface area contributed by atoms with Gasteiger partial charge < -0.3 is 4.74 Å². The fraction of sp³-hybridized carbons (Fsp3) is 0.500. The zero-order chi connectivity index (χ0) is 15.9. The predicted octanol–water partition coefficient (Wildman–Crippen LogP) is 3.46. The number of amides is 3. The van der Waals surface area contributed by atoms with Crippen molar-refractivity contribution in [3.05, 3.63) is 29.8 Å². The van der Waals surface area contributed by atoms with Crippen LogP contribution in [0.2, 0.25) is 0 Å². The minimum Gasteiger partial charge on any atom is -0.497 e. The molecule has 2 rings (SSSR count). The largest absolute Gasteiger partial charge is 0.497 e. The molecular formula is C16H22N2O3S. The summed E-state index contributed by atoms with van der Waals surface area (Å²) in [5.74, 6) is 0.290. The molecule has 0 bridgehead atoms. The molecule has 5 nitrogen and oxygen atoms in total. The van der Waals surface area contributed by atoms with Crippen molar-refractivity contribution in [1.29, 1.82) is 0 Å². The number of hydrogen-bond donors (Lipinski definition) is 1. The minimum atomic E-state index is -0.387. The monoisotopic (exact) mass is 322 g/mol. The minimum absolute atomic E-state index is 0.215. The molecule has 0 saturated heterocycles. The van der Waals surface area contributed by atoms with Crippen LogP contribution in [0.25, 0.3) is 0 Å². The molecule has 1 aliphatic rings. The fourth-order valence-electron chi connectivity index (χ4n) is 2.68. The summed E-state index contributed by atoms with van der Waals surface area (Å²) >= 11 is 1.38. The predicted molar refractivity (Wildman–Crippen MR) is 88.1 cm³/mol. The third-order valence-electron chi connectivity index (χ3n) is 3.88. The Kier molecular flexibility index (Phi) is 6.12. The zero-order valence-electron chi connectivity index (χ0n) is 13.0. The topological polar surface area (TPSA) is 58.6 Å². The smallest absolute Gasteiger partial charge is 0.334 e. The van der Waals surface area contributed by atoms with Gasteiger partial charge in [-0.25, -0.2) is 4.79 Å². The molecule has 0 heterocycles. The second kappa shape index (κ2) is 8.08. The molecule has 1 aromatic carbocycles. The Morgan fingerprint density at radius 1 is 1.18 bits per heavy atom. The van der Waals surface area contributed by atoms with E-state index in [0.717, 1.165) is 25.7 Å². The first kappa shape index (κ1) is 16.7. The van der Waals surface area contributed by atoms with Gasteiger partial charge >= 0.3 is 6.03 Å². The van der Waals surface area contributed by atoms with Gasteiger partial charge in [-0.15, -0.1) is 0 Å². The molecule has 1 aliphatic carbocycles. The molecule has 0 aromatic heterocycles. The normalized spacial score (nSPS) is 15.2. The highest BCUT2D eigenvalue weighted by Crippen LogP contribution is 2.26. The van der Waals surface area contributed by atoms with Gasteiger partial charge in [-0.3, -0.25) is 14.4 Å². The van der Waals surface area contributed by atoms with Gasteiger partial charge in [0.25, 0.3) is 5.91 Å². The number of carbonyl (C=O) groups is 2. The number of benzene rings is 1. The number of hydrogen-bond acceptors (Lipinski definition) is 4. The molecule has 0 atom stereocenters. The Hall–Kier alpha value is -1.69. The summed E-state index contributed by atoms with van der Waals surface area (Å²) < 4.78 is 6.75. The molecule has 1 fully saturated rings. The van der Waals surface area contributed by atoms with Crippen molar-refractivity contribution < 1.29 is 14.3 Å². The van der Waals surface area contributed by atoms with E-state index in [2.05, 4.69) is 5.32 Å². The molecule has 1 aromatic rings. The lowest BCUT2D eigenvalue weighted by Gasteiger charge is -2.31. The van der Waals surface area contributed by atoms with Crippen LogP contribution in [0.5, 0.6) is 5.75 Å². The highest BCUT2D eigenvalue weighted by molar-refractivity contribution is 7.96. The van der Waals surface area contributed by atoms with Gasteiger partial charge in [-0.1, -0.05) is 19.3 Å². The standard InChI is InChI=1S/C16H22N2O3S/c1-21-14-10-8-12(9-11-14)15(19)17-16(20)18(22-2)13-6-4-3-5-7-13/h8-11,13H,3-7H2,1-2H3,(H,17,19,20). The van der Waals surface area contributed by atoms with Crippen molar-refractivity contribution in [2.75, 3.05) is 13.4 Å². The lowest BCUT2D eigenvalue weighted by atomic mass is 9.96. The highest BCUT2D eigenvalue weighted by atomic mass is 32.2. The number of ether oxygens (including phenoxy) is 1. The third kappa shape index (κ3) is 4.16. The first-order valence-corrected chi connectivity index (χ1v) is 8.66. The lowest BCUT2D eigenvalue weighted by Crippen LogP contribution is -2.44. The summed E-state index contributed by atoms with van der Waals surface area (Å²) in [5.41, 5.74) is 0.443. The van der Waals surface area contributed by atoms with E-state index < -0.39 is 0 Å². The Morgan fingerprint density at radius 3 is 2.36 bits per heavy atom. The molecule has 22 heavy (non-hydrogen) atoms. The maximum absolute atomic E-state index is 12.3. The summed E-state index contributed by atoms with van der Waals surface area (Å²) in [6, 6.07) is 6.57. The molecule has 0 unspecified atom stereocenters. The van der Waals surface area contributed by atoms with Crippen LogP contribution in [0.3, 0.4) is 0 Å². The summed E-state index contributed by atoms with van der Waals surface area (Å²) in [6.07, 6.45) is 7.38. The van der Waals surface area contributed by atoms with Gasteiger partial charge in [-0.2, -0.15) is 0 Å². The first-order valence-electron chi connectivity index (χ1n) is 7.48. The number of rotatable bonds is 4. The van der Waals surface area contributed by atoms with Gasteiger partial charge in [0, 0.05) is 17.9 Å². The third-order valence-corrected chi connectivity index (χ3v) is 4.73. The van der Waals surface area contributed by atoms with Gasteiger partial charge in [0.15, 0.2) is 0 Å². The van der Waals surface area contributed by atoms with E-state index in [-0.39, 0.29) is 18.0 Å². The number of imide groups is 1. The van der Waals surface area contributed by atoms with E-state index in [0.29, 0.717) is 11.3 Å². The average Bonchev–Trinajstić information content (AvgIpc) is 2.56. The number of nitrogens with zero attached hydrogens (tertiary/aromatic N) is 1. The molecule has 1 N–H and O–H groups in total. The van der Waals surface area contributed by atoms with Gasteiger partial charge in [-0.05, 0) is 49.1 Å². The fourth-order valence-corrected chi connectivity index (χ4v) is 3.40. The second-order valence-electron chi connectivity index (χ2n) is 5.29. The first-order chi connectivity index (χ1) is 10.7. The molecule has 120 valence electrons. The summed E-state index contributed by atoms with van der Waals surface area (Å²) in [7, 11) is 1.57. The van der Waals surface area contributed by atoms with Crippen molar-refractivity contribution in [2.45, 2.75) is 38.1 Å². The summed E-state index contributed by atoms with van der Waals surface area (Å²) in [4.78, 5) is 24.5. The Morgan fingerprint density at radius 2 is 1.82 bits per heavy atom. The van der Waals surface area contributed by atoms with Crippen molar-refractivity contribution in [1.82, 2.24) is 9.62 Å². The molecule has 3 amide bonds. The van der Waals surface area contributed by atoms with Crippen molar-refractivity contribution in [3.63, 3.8) is 0 Å². The van der Waals surface area contributed by atoms with Crippen molar-refractivity contribution in [3.8, 4) is 5.75 Å². The van der Waals surface area contributed by atoms with Gasteiger partial charge in [0.1, 0.15) is 5.75 Å². The van der Waals surface area contributed by atoms with E-state index in [4.69, 9.17) is 4.74 Å². The van der Waals surface area contributed by atoms with E-state index in [1.54, 1.807) is 35.7 Å². The average molecular weight is 322 g/mol. The second-order valence-corrected chi connectivity index (χ2v) is 6.05. The Bertz CT molecular complexity index is 513. The Labute approximate surface area is 135 Å². The highest BCUT2D eigenvalue weighted by Gasteiger charge is 2.26. The summed E-state index contributed by atoms with van der Waals surface area (Å²) in [5, 5.41) is 2.47. The van der Waals surface area contributed by atoms with E-state index in [9.17, 15) is 9.59 Å². The molecule has 0 aliphatic heterocycles. The Balaban J connectivity index is 1.97. The van der Waals surface area contributed by atoms with Crippen LogP contribution in [0.15, 0.2) is 24.3 Å². The molecule has 0 radical (unpaired) electrons. The van der Waals surface area contributed by atoms with Crippen molar-refractivity contribution in [2.24, 2.45) is 0 Å². The zero-order valence-corrected chi connectivity index (χ0v) is 13.8. The van der Waals surface area contributed by atoms with Crippen LogP contribution in [-0.2, 0) is 0 Å². The van der Waals surface area contributed by atoms with Gasteiger partial charge in [0.05, 0.1) is 7.11 Å². The lowest BCUT2D eigenvalue weighted by molar-refractivity contribution is 0.0956. The quantitative estimate of drug-likeness (QED) is 0.863. The molecule has 0 spiro atoms. The van der Waals surface area contributed by atoms with Gasteiger partial charge in [0.2, 0.25) is 0 Å². The molecule has 1 saturated carbocycles. The van der Waals surface area contributed by atoms with Crippen LogP contribution in [0.1, 0.15) is 42.5 Å². The maximum Gasteiger partial charge on any atom is 0.334 e. The number of methoxy groups -OCH3 is 1. The summed E-state index contributed by atoms with van der Waals surface area (Å²) in [6.45, 7) is 0. The van der Waals surface area contributed by atoms with E-state index in [1.165, 1.54) is 18.4 Å². The van der Waals surface area contributed by atoms with Crippen molar-refractivity contribution >= 4 is 23.9 Å². The van der Waals surface area contributed by atoms with E-state index in [1.807, 2.05) is 6.26 Å². The van der Waals surface area contributed by atoms with E-state index >= 15 is 0 Å². The van der Waals surface area contributed by atoms with Crippen LogP contribution >= 0.6 is 11.9 Å². The number of nitrogens with one attached hydrogen (secondary N) is 1. The number of urea groups is 1. The maximum atomic E-state index is 12.3.